The molecule has 0 radical (unpaired) electrons. The summed E-state index contributed by atoms with van der Waals surface area (Å²) in [7, 11) is -2.39. The average molecular weight is 530 g/mol. The minimum absolute atomic E-state index is 0.0193. The molecule has 34 heavy (non-hydrogen) atoms. The second kappa shape index (κ2) is 10.7. The zero-order valence-electron chi connectivity index (χ0n) is 18.9. The second-order valence-electron chi connectivity index (χ2n) is 7.51. The van der Waals surface area contributed by atoms with Crippen LogP contribution in [0.15, 0.2) is 36.4 Å². The number of amides is 2. The predicted molar refractivity (Wildman–Crippen MR) is 130 cm³/mol. The molecule has 2 aromatic carbocycles. The Balaban J connectivity index is 1.95. The second-order valence-corrected chi connectivity index (χ2v) is 10.5. The molecule has 3 rings (SSSR count). The molecule has 0 aromatic heterocycles. The van der Waals surface area contributed by atoms with Gasteiger partial charge in [0.1, 0.15) is 12.6 Å². The van der Waals surface area contributed by atoms with Crippen LogP contribution in [0.3, 0.4) is 0 Å². The van der Waals surface area contributed by atoms with Crippen molar-refractivity contribution >= 4 is 50.7 Å². The highest BCUT2D eigenvalue weighted by Gasteiger charge is 2.31. The first kappa shape index (κ1) is 25.9. The number of nitrogens with zero attached hydrogens (tertiary/aromatic N) is 2. The van der Waals surface area contributed by atoms with Gasteiger partial charge < -0.3 is 19.7 Å². The topological polar surface area (TPSA) is 105 Å². The summed E-state index contributed by atoms with van der Waals surface area (Å²) in [5.74, 6) is -0.337. The average Bonchev–Trinajstić information content (AvgIpc) is 3.29. The lowest BCUT2D eigenvalue weighted by atomic mass is 10.1. The third-order valence-corrected chi connectivity index (χ3v) is 7.85. The van der Waals surface area contributed by atoms with Crippen LogP contribution in [0, 0.1) is 0 Å². The van der Waals surface area contributed by atoms with Crippen LogP contribution in [0.2, 0.25) is 10.0 Å². The van der Waals surface area contributed by atoms with E-state index in [1.807, 2.05) is 0 Å². The van der Waals surface area contributed by atoms with Crippen LogP contribution in [0.25, 0.3) is 0 Å². The maximum Gasteiger partial charge on any atom is 0.244 e. The largest absolute Gasteiger partial charge is 0.454 e. The van der Waals surface area contributed by atoms with Gasteiger partial charge >= 0.3 is 0 Å². The molecule has 1 atom stereocenters. The molecule has 1 N–H and O–H groups in total. The maximum absolute atomic E-state index is 13.5. The van der Waals surface area contributed by atoms with E-state index >= 15 is 0 Å². The molecule has 0 bridgehead atoms. The zero-order chi connectivity index (χ0) is 25.0. The number of sulfonamides is 1. The van der Waals surface area contributed by atoms with Gasteiger partial charge in [0, 0.05) is 19.7 Å². The summed E-state index contributed by atoms with van der Waals surface area (Å²) in [5.41, 5.74) is 0.882. The van der Waals surface area contributed by atoms with Gasteiger partial charge in [0.15, 0.2) is 11.5 Å². The Morgan fingerprint density at radius 1 is 1.09 bits per heavy atom. The number of rotatable bonds is 9. The third kappa shape index (κ3) is 5.68. The molecular formula is C22H25Cl2N3O6S. The number of carbonyl (C=O) groups excluding carboxylic acids is 2. The number of carbonyl (C=O) groups is 2. The number of halogens is 2. The van der Waals surface area contributed by atoms with E-state index in [9.17, 15) is 18.0 Å². The van der Waals surface area contributed by atoms with Crippen LogP contribution < -0.4 is 19.1 Å². The van der Waals surface area contributed by atoms with E-state index in [0.717, 1.165) is 4.31 Å². The normalized spacial score (nSPS) is 13.3. The molecule has 1 aliphatic rings. The van der Waals surface area contributed by atoms with Crippen LogP contribution in [-0.4, -0.2) is 57.3 Å². The van der Waals surface area contributed by atoms with E-state index in [1.54, 1.807) is 37.3 Å². The van der Waals surface area contributed by atoms with E-state index < -0.39 is 34.4 Å². The number of hydrogen-bond acceptors (Lipinski definition) is 6. The van der Waals surface area contributed by atoms with Gasteiger partial charge in [-0.2, -0.15) is 0 Å². The summed E-state index contributed by atoms with van der Waals surface area (Å²) in [6.45, 7) is 2.58. The minimum Gasteiger partial charge on any atom is -0.454 e. The Kier molecular flexibility index (Phi) is 8.17. The molecule has 0 saturated carbocycles. The fraction of sp³-hybridized carbons (Fsp3) is 0.364. The fourth-order valence-electron chi connectivity index (χ4n) is 3.39. The molecule has 1 unspecified atom stereocenters. The van der Waals surface area contributed by atoms with E-state index in [1.165, 1.54) is 24.9 Å². The van der Waals surface area contributed by atoms with Crippen molar-refractivity contribution < 1.29 is 27.5 Å². The number of fused-ring (bicyclic) bond motifs is 1. The summed E-state index contributed by atoms with van der Waals surface area (Å²) < 4.78 is 37.5. The van der Waals surface area contributed by atoms with Gasteiger partial charge in [0.25, 0.3) is 0 Å². The molecule has 0 aliphatic carbocycles. The highest BCUT2D eigenvalue weighted by molar-refractivity contribution is 7.92. The molecular weight excluding hydrogens is 505 g/mol. The highest BCUT2D eigenvalue weighted by atomic mass is 35.5. The lowest BCUT2D eigenvalue weighted by Crippen LogP contribution is -2.50. The molecule has 2 aromatic rings. The lowest BCUT2D eigenvalue weighted by Gasteiger charge is -2.31. The number of benzene rings is 2. The highest BCUT2D eigenvalue weighted by Crippen LogP contribution is 2.36. The third-order valence-electron chi connectivity index (χ3n) is 5.37. The van der Waals surface area contributed by atoms with Crippen molar-refractivity contribution in [3.63, 3.8) is 0 Å². The molecule has 2 amide bonds. The quantitative estimate of drug-likeness (QED) is 0.535. The van der Waals surface area contributed by atoms with Crippen molar-refractivity contribution in [1.82, 2.24) is 10.2 Å². The van der Waals surface area contributed by atoms with Crippen molar-refractivity contribution in [3.8, 4) is 11.5 Å². The monoisotopic (exact) mass is 529 g/mol. The summed E-state index contributed by atoms with van der Waals surface area (Å²) in [4.78, 5) is 27.2. The summed E-state index contributed by atoms with van der Waals surface area (Å²) in [6.07, 6.45) is 0. The Morgan fingerprint density at radius 2 is 1.79 bits per heavy atom. The van der Waals surface area contributed by atoms with Gasteiger partial charge in [-0.3, -0.25) is 13.9 Å². The maximum atomic E-state index is 13.5. The van der Waals surface area contributed by atoms with Crippen LogP contribution in [0.1, 0.15) is 19.4 Å². The van der Waals surface area contributed by atoms with E-state index in [4.69, 9.17) is 32.7 Å². The molecule has 184 valence electrons. The SMILES string of the molecule is CCS(=O)(=O)N(CC(=O)N(Cc1ccc(Cl)c(Cl)c1)C(C)C(=O)NC)c1ccc2c(c1)OCO2. The molecule has 0 fully saturated rings. The fourth-order valence-corrected chi connectivity index (χ4v) is 4.76. The van der Waals surface area contributed by atoms with Gasteiger partial charge in [0.2, 0.25) is 28.6 Å². The Hall–Kier alpha value is -2.69. The van der Waals surface area contributed by atoms with Crippen LogP contribution >= 0.6 is 23.2 Å². The summed E-state index contributed by atoms with van der Waals surface area (Å²) in [6, 6.07) is 8.62. The van der Waals surface area contributed by atoms with E-state index in [2.05, 4.69) is 5.32 Å². The Bertz CT molecular complexity index is 1190. The van der Waals surface area contributed by atoms with Crippen molar-refractivity contribution in [2.75, 3.05) is 30.4 Å². The standard InChI is InChI=1S/C22H25Cl2N3O6S/c1-4-34(30,31)27(16-6-8-19-20(10-16)33-13-32-19)12-21(28)26(14(2)22(29)25-3)11-15-5-7-17(23)18(24)9-15/h5-10,14H,4,11-13H2,1-3H3,(H,25,29). The molecule has 1 heterocycles. The van der Waals surface area contributed by atoms with Gasteiger partial charge in [-0.1, -0.05) is 29.3 Å². The van der Waals surface area contributed by atoms with Gasteiger partial charge in [0.05, 0.1) is 21.5 Å². The van der Waals surface area contributed by atoms with Crippen molar-refractivity contribution in [2.24, 2.45) is 0 Å². The first-order valence-electron chi connectivity index (χ1n) is 10.4. The Labute approximate surface area is 208 Å². The van der Waals surface area contributed by atoms with Gasteiger partial charge in [-0.05, 0) is 43.7 Å². The first-order chi connectivity index (χ1) is 16.1. The smallest absolute Gasteiger partial charge is 0.244 e. The minimum atomic E-state index is -3.85. The first-order valence-corrected chi connectivity index (χ1v) is 12.8. The summed E-state index contributed by atoms with van der Waals surface area (Å²) in [5, 5.41) is 3.17. The summed E-state index contributed by atoms with van der Waals surface area (Å²) >= 11 is 12.1. The van der Waals surface area contributed by atoms with E-state index in [-0.39, 0.29) is 24.8 Å². The molecule has 0 saturated heterocycles. The Morgan fingerprint density at radius 3 is 2.44 bits per heavy atom. The number of nitrogens with one attached hydrogen (secondary N) is 1. The number of anilines is 1. The lowest BCUT2D eigenvalue weighted by molar-refractivity contribution is -0.139. The molecule has 9 nitrogen and oxygen atoms in total. The van der Waals surface area contributed by atoms with Crippen molar-refractivity contribution in [1.29, 1.82) is 0 Å². The number of likely N-dealkylation sites (N-methyl/N-ethyl adjacent to an activating group) is 1. The molecule has 1 aliphatic heterocycles. The predicted octanol–water partition coefficient (Wildman–Crippen LogP) is 3.04. The van der Waals surface area contributed by atoms with Gasteiger partial charge in [-0.15, -0.1) is 0 Å². The van der Waals surface area contributed by atoms with Crippen LogP contribution in [-0.2, 0) is 26.2 Å². The van der Waals surface area contributed by atoms with Crippen LogP contribution in [0.5, 0.6) is 11.5 Å². The zero-order valence-corrected chi connectivity index (χ0v) is 21.2. The molecule has 0 spiro atoms. The number of hydrogen-bond donors (Lipinski definition) is 1. The van der Waals surface area contributed by atoms with Gasteiger partial charge in [-0.25, -0.2) is 8.42 Å². The van der Waals surface area contributed by atoms with Crippen molar-refractivity contribution in [3.05, 3.63) is 52.0 Å². The number of ether oxygens (including phenoxy) is 2. The molecule has 12 heteroatoms. The van der Waals surface area contributed by atoms with Crippen molar-refractivity contribution in [2.45, 2.75) is 26.4 Å². The van der Waals surface area contributed by atoms with E-state index in [0.29, 0.717) is 27.1 Å². The van der Waals surface area contributed by atoms with Crippen LogP contribution in [0.4, 0.5) is 5.69 Å².